The molecule has 0 aromatic carbocycles. The van der Waals surface area contributed by atoms with Crippen LogP contribution in [0.4, 0.5) is 0 Å². The number of piperidine rings is 2. The highest BCUT2D eigenvalue weighted by Crippen LogP contribution is 2.22. The smallest absolute Gasteiger partial charge is 0.253 e. The van der Waals surface area contributed by atoms with Gasteiger partial charge in [-0.05, 0) is 90.0 Å². The van der Waals surface area contributed by atoms with E-state index in [1.807, 2.05) is 86.8 Å². The van der Waals surface area contributed by atoms with Gasteiger partial charge in [0.25, 0.3) is 5.56 Å². The lowest BCUT2D eigenvalue weighted by molar-refractivity contribution is -0.134. The molecule has 0 N–H and O–H groups in total. The van der Waals surface area contributed by atoms with Crippen LogP contribution in [-0.2, 0) is 29.7 Å². The van der Waals surface area contributed by atoms with Gasteiger partial charge < -0.3 is 23.2 Å². The van der Waals surface area contributed by atoms with Crippen molar-refractivity contribution in [3.8, 4) is 11.1 Å². The van der Waals surface area contributed by atoms with Crippen LogP contribution in [0.15, 0.2) is 70.6 Å². The van der Waals surface area contributed by atoms with Crippen molar-refractivity contribution in [1.29, 1.82) is 0 Å². The van der Waals surface area contributed by atoms with E-state index in [4.69, 9.17) is 0 Å². The number of hydrogen-bond acceptors (Lipinski definition) is 5. The number of nitrogens with zero attached hydrogens (tertiary/aromatic N) is 7. The normalized spacial score (nSPS) is 15.6. The molecule has 228 valence electrons. The summed E-state index contributed by atoms with van der Waals surface area (Å²) in [6.45, 7) is 4.73. The molecule has 2 aliphatic rings. The predicted octanol–water partition coefficient (Wildman–Crippen LogP) is 5.13. The van der Waals surface area contributed by atoms with Crippen LogP contribution in [0.25, 0.3) is 22.4 Å². The molecule has 11 heteroatoms. The molecule has 5 aromatic heterocycles. The van der Waals surface area contributed by atoms with Crippen molar-refractivity contribution in [2.75, 3.05) is 13.1 Å². The SMILES string of the molecule is Cc1cc(-c2ccc3ncc(CN4CCCCC4=O)n3c2)cn(C)c1=O.O=C1CCCCN1Cc1cnc2ccc(Br)cn12. The largest absolute Gasteiger partial charge is 0.337 e. The standard InChI is InChI=1S/C20H22N4O2.C13H14BrN3O/c1-14-9-16(11-22(2)20(14)26)15-6-7-18-21-10-17(24(18)12-15)13-23-8-4-3-5-19(23)25;14-10-4-5-12-15-7-11(17(12)8-10)9-16-6-2-1-3-13(16)18/h6-7,9-12H,3-5,8,13H2,1-2H3;4-5,7-8H,1-3,6,9H2. The van der Waals surface area contributed by atoms with E-state index in [0.717, 1.165) is 82.6 Å². The van der Waals surface area contributed by atoms with Gasteiger partial charge in [-0.25, -0.2) is 9.97 Å². The first kappa shape index (κ1) is 29.8. The Morgan fingerprint density at radius 2 is 1.30 bits per heavy atom. The molecule has 0 bridgehead atoms. The van der Waals surface area contributed by atoms with Crippen LogP contribution < -0.4 is 5.56 Å². The summed E-state index contributed by atoms with van der Waals surface area (Å²) < 4.78 is 6.69. The lowest BCUT2D eigenvalue weighted by atomic mass is 10.1. The minimum atomic E-state index is 0.0155. The van der Waals surface area contributed by atoms with Gasteiger partial charge in [-0.15, -0.1) is 0 Å². The first-order valence-corrected chi connectivity index (χ1v) is 15.9. The summed E-state index contributed by atoms with van der Waals surface area (Å²) in [4.78, 5) is 48.5. The number of carbonyl (C=O) groups excluding carboxylic acids is 2. The topological polar surface area (TPSA) is 97.2 Å². The molecule has 10 nitrogen and oxygen atoms in total. The van der Waals surface area contributed by atoms with E-state index < -0.39 is 0 Å². The Bertz CT molecular complexity index is 1880. The van der Waals surface area contributed by atoms with E-state index in [-0.39, 0.29) is 17.4 Å². The maximum absolute atomic E-state index is 12.1. The molecule has 0 aliphatic carbocycles. The Morgan fingerprint density at radius 1 is 0.727 bits per heavy atom. The monoisotopic (exact) mass is 657 g/mol. The molecule has 7 rings (SSSR count). The van der Waals surface area contributed by atoms with Crippen molar-refractivity contribution >= 4 is 39.0 Å². The van der Waals surface area contributed by atoms with Crippen LogP contribution in [0.1, 0.15) is 55.5 Å². The molecule has 2 saturated heterocycles. The van der Waals surface area contributed by atoms with Crippen LogP contribution in [0.5, 0.6) is 0 Å². The molecule has 2 amide bonds. The van der Waals surface area contributed by atoms with Crippen LogP contribution in [-0.4, -0.2) is 58.0 Å². The number of aromatic nitrogens is 5. The van der Waals surface area contributed by atoms with E-state index in [2.05, 4.69) is 25.9 Å². The molecule has 0 atom stereocenters. The van der Waals surface area contributed by atoms with Crippen molar-refractivity contribution in [3.05, 3.63) is 93.1 Å². The summed E-state index contributed by atoms with van der Waals surface area (Å²) in [6, 6.07) is 9.83. The van der Waals surface area contributed by atoms with E-state index in [1.165, 1.54) is 0 Å². The fraction of sp³-hybridized carbons (Fsp3) is 0.364. The Kier molecular flexibility index (Phi) is 8.65. The average molecular weight is 659 g/mol. The van der Waals surface area contributed by atoms with Gasteiger partial charge in [0, 0.05) is 61.6 Å². The summed E-state index contributed by atoms with van der Waals surface area (Å²) in [7, 11) is 1.77. The van der Waals surface area contributed by atoms with Crippen LogP contribution >= 0.6 is 15.9 Å². The van der Waals surface area contributed by atoms with Gasteiger partial charge in [0.1, 0.15) is 11.3 Å². The molecule has 7 heterocycles. The molecule has 44 heavy (non-hydrogen) atoms. The van der Waals surface area contributed by atoms with Gasteiger partial charge in [0.2, 0.25) is 11.8 Å². The molecule has 0 saturated carbocycles. The van der Waals surface area contributed by atoms with Crippen LogP contribution in [0.3, 0.4) is 0 Å². The second-order valence-corrected chi connectivity index (χ2v) is 12.5. The first-order valence-electron chi connectivity index (χ1n) is 15.1. The average Bonchev–Trinajstić information content (AvgIpc) is 3.61. The zero-order valence-electron chi connectivity index (χ0n) is 25.1. The van der Waals surface area contributed by atoms with Crippen molar-refractivity contribution in [1.82, 2.24) is 33.1 Å². The third kappa shape index (κ3) is 6.33. The molecule has 2 aliphatic heterocycles. The minimum absolute atomic E-state index is 0.0155. The minimum Gasteiger partial charge on any atom is -0.337 e. The predicted molar refractivity (Wildman–Crippen MR) is 172 cm³/mol. The lowest BCUT2D eigenvalue weighted by Gasteiger charge is -2.26. The molecule has 0 unspecified atom stereocenters. The van der Waals surface area contributed by atoms with Gasteiger partial charge in [0.15, 0.2) is 0 Å². The van der Waals surface area contributed by atoms with Gasteiger partial charge in [0.05, 0.1) is 36.9 Å². The first-order chi connectivity index (χ1) is 21.3. The Morgan fingerprint density at radius 3 is 1.86 bits per heavy atom. The van der Waals surface area contributed by atoms with Crippen LogP contribution in [0.2, 0.25) is 0 Å². The highest BCUT2D eigenvalue weighted by atomic mass is 79.9. The van der Waals surface area contributed by atoms with Crippen molar-refractivity contribution in [3.63, 3.8) is 0 Å². The number of likely N-dealkylation sites (tertiary alicyclic amines) is 2. The molecule has 2 fully saturated rings. The number of imidazole rings is 2. The lowest BCUT2D eigenvalue weighted by Crippen LogP contribution is -2.34. The maximum atomic E-state index is 12.1. The fourth-order valence-electron chi connectivity index (χ4n) is 5.93. The highest BCUT2D eigenvalue weighted by Gasteiger charge is 2.20. The second kappa shape index (κ2) is 12.8. The summed E-state index contributed by atoms with van der Waals surface area (Å²) in [5.74, 6) is 0.474. The number of fused-ring (bicyclic) bond motifs is 2. The van der Waals surface area contributed by atoms with Gasteiger partial charge in [-0.3, -0.25) is 14.4 Å². The number of carbonyl (C=O) groups is 2. The molecule has 5 aromatic rings. The summed E-state index contributed by atoms with van der Waals surface area (Å²) >= 11 is 3.46. The summed E-state index contributed by atoms with van der Waals surface area (Å²) in [5, 5.41) is 0. The summed E-state index contributed by atoms with van der Waals surface area (Å²) in [5.41, 5.74) is 6.56. The Balaban J connectivity index is 0.000000167. The third-order valence-corrected chi connectivity index (χ3v) is 8.84. The molecule has 0 spiro atoms. The maximum Gasteiger partial charge on any atom is 0.253 e. The highest BCUT2D eigenvalue weighted by molar-refractivity contribution is 9.10. The zero-order chi connectivity index (χ0) is 30.8. The molecule has 0 radical (unpaired) electrons. The van der Waals surface area contributed by atoms with Crippen molar-refractivity contribution < 1.29 is 9.59 Å². The van der Waals surface area contributed by atoms with Gasteiger partial charge in [-0.2, -0.15) is 0 Å². The van der Waals surface area contributed by atoms with E-state index in [1.54, 1.807) is 11.6 Å². The summed E-state index contributed by atoms with van der Waals surface area (Å²) in [6.07, 6.45) is 15.1. The Hall–Kier alpha value is -4.25. The zero-order valence-corrected chi connectivity index (χ0v) is 26.7. The van der Waals surface area contributed by atoms with E-state index >= 15 is 0 Å². The number of pyridine rings is 3. The third-order valence-electron chi connectivity index (χ3n) is 8.37. The van der Waals surface area contributed by atoms with E-state index in [9.17, 15) is 14.4 Å². The molecular weight excluding hydrogens is 622 g/mol. The van der Waals surface area contributed by atoms with Crippen LogP contribution in [0, 0.1) is 6.92 Å². The number of halogens is 1. The number of amides is 2. The van der Waals surface area contributed by atoms with Gasteiger partial charge >= 0.3 is 0 Å². The number of hydrogen-bond donors (Lipinski definition) is 0. The van der Waals surface area contributed by atoms with Crippen molar-refractivity contribution in [2.24, 2.45) is 7.05 Å². The second-order valence-electron chi connectivity index (χ2n) is 11.6. The molecular formula is C33H36BrN7O3. The number of rotatable bonds is 5. The number of aryl methyl sites for hydroxylation is 2. The quantitative estimate of drug-likeness (QED) is 0.261. The van der Waals surface area contributed by atoms with Crippen molar-refractivity contribution in [2.45, 2.75) is 58.5 Å². The fourth-order valence-corrected chi connectivity index (χ4v) is 6.26. The Labute approximate surface area is 264 Å². The van der Waals surface area contributed by atoms with Gasteiger partial charge in [-0.1, -0.05) is 0 Å². The van der Waals surface area contributed by atoms with E-state index in [0.29, 0.717) is 25.9 Å².